The van der Waals surface area contributed by atoms with Crippen molar-refractivity contribution in [3.8, 4) is 17.2 Å². The molecule has 31 heavy (non-hydrogen) atoms. The molecule has 2 heterocycles. The topological polar surface area (TPSA) is 65.7 Å². The summed E-state index contributed by atoms with van der Waals surface area (Å²) in [6, 6.07) is 14.9. The molecule has 1 saturated heterocycles. The third-order valence-electron chi connectivity index (χ3n) is 5.62. The van der Waals surface area contributed by atoms with Crippen LogP contribution < -0.4 is 19.9 Å². The number of thioether (sulfide) groups is 1. The number of para-hydroxylation sites is 1. The summed E-state index contributed by atoms with van der Waals surface area (Å²) in [5.74, 6) is 1.20. The van der Waals surface area contributed by atoms with Gasteiger partial charge in [0, 0.05) is 12.6 Å². The summed E-state index contributed by atoms with van der Waals surface area (Å²) >= 11 is 1.49. The van der Waals surface area contributed by atoms with E-state index in [-0.39, 0.29) is 16.7 Å². The molecule has 8 heteroatoms. The Labute approximate surface area is 185 Å². The zero-order valence-electron chi connectivity index (χ0n) is 18.2. The van der Waals surface area contributed by atoms with Crippen LogP contribution in [0, 0.1) is 6.92 Å². The Balaban J connectivity index is 1.91. The molecule has 1 aliphatic rings. The largest absolute Gasteiger partial charge is 0.497 e. The maximum atomic E-state index is 13.6. The highest BCUT2D eigenvalue weighted by molar-refractivity contribution is 8.01. The van der Waals surface area contributed by atoms with Gasteiger partial charge >= 0.3 is 0 Å². The summed E-state index contributed by atoms with van der Waals surface area (Å²) in [6.45, 7) is 3.72. The molecule has 0 aliphatic carbocycles. The molecule has 0 bridgehead atoms. The van der Waals surface area contributed by atoms with Crippen molar-refractivity contribution >= 4 is 23.4 Å². The summed E-state index contributed by atoms with van der Waals surface area (Å²) in [7, 11) is 5.01. The predicted octanol–water partition coefficient (Wildman–Crippen LogP) is 3.67. The molecule has 1 aliphatic heterocycles. The van der Waals surface area contributed by atoms with Gasteiger partial charge in [-0.05, 0) is 44.2 Å². The Morgan fingerprint density at radius 1 is 1.00 bits per heavy atom. The molecule has 0 N–H and O–H groups in total. The van der Waals surface area contributed by atoms with Crippen LogP contribution in [0.2, 0.25) is 0 Å². The fourth-order valence-corrected chi connectivity index (χ4v) is 5.21. The Kier molecular flexibility index (Phi) is 5.58. The van der Waals surface area contributed by atoms with Crippen LogP contribution in [0.4, 0.5) is 5.69 Å². The normalized spacial score (nSPS) is 18.5. The number of ether oxygens (including phenoxy) is 2. The van der Waals surface area contributed by atoms with Gasteiger partial charge < -0.3 is 9.47 Å². The van der Waals surface area contributed by atoms with E-state index in [0.29, 0.717) is 22.9 Å². The van der Waals surface area contributed by atoms with Crippen molar-refractivity contribution in [2.75, 3.05) is 19.1 Å². The van der Waals surface area contributed by atoms with E-state index in [0.717, 1.165) is 11.3 Å². The zero-order chi connectivity index (χ0) is 22.3. The molecule has 162 valence electrons. The number of methoxy groups -OCH3 is 2. The van der Waals surface area contributed by atoms with Gasteiger partial charge in [-0.3, -0.25) is 19.2 Å². The van der Waals surface area contributed by atoms with Gasteiger partial charge in [0.15, 0.2) is 0 Å². The molecule has 7 nitrogen and oxygen atoms in total. The summed E-state index contributed by atoms with van der Waals surface area (Å²) in [4.78, 5) is 28.5. The molecule has 4 rings (SSSR count). The van der Waals surface area contributed by atoms with E-state index in [4.69, 9.17) is 9.47 Å². The van der Waals surface area contributed by atoms with Gasteiger partial charge in [0.25, 0.3) is 5.56 Å². The number of nitrogens with zero attached hydrogens (tertiary/aromatic N) is 3. The van der Waals surface area contributed by atoms with E-state index in [1.165, 1.54) is 11.8 Å². The predicted molar refractivity (Wildman–Crippen MR) is 123 cm³/mol. The van der Waals surface area contributed by atoms with Crippen LogP contribution in [0.1, 0.15) is 23.6 Å². The van der Waals surface area contributed by atoms with Crippen molar-refractivity contribution in [1.29, 1.82) is 0 Å². The first-order valence-electron chi connectivity index (χ1n) is 9.93. The quantitative estimate of drug-likeness (QED) is 0.607. The fourth-order valence-electron chi connectivity index (χ4n) is 3.93. The van der Waals surface area contributed by atoms with Gasteiger partial charge in [0.2, 0.25) is 5.91 Å². The Bertz CT molecular complexity index is 1190. The second kappa shape index (κ2) is 8.19. The second-order valence-electron chi connectivity index (χ2n) is 7.36. The molecule has 3 aromatic rings. The number of hydrogen-bond acceptors (Lipinski definition) is 5. The third-order valence-corrected chi connectivity index (χ3v) is 6.95. The van der Waals surface area contributed by atoms with Crippen LogP contribution in [0.3, 0.4) is 0 Å². The minimum atomic E-state index is -0.412. The Hall–Kier alpha value is -3.13. The maximum absolute atomic E-state index is 13.6. The monoisotopic (exact) mass is 439 g/mol. The molecular weight excluding hydrogens is 414 g/mol. The highest BCUT2D eigenvalue weighted by Gasteiger charge is 2.43. The molecule has 1 fully saturated rings. The second-order valence-corrected chi connectivity index (χ2v) is 8.78. The van der Waals surface area contributed by atoms with Crippen molar-refractivity contribution in [2.24, 2.45) is 7.05 Å². The van der Waals surface area contributed by atoms with Crippen LogP contribution in [0.5, 0.6) is 11.5 Å². The minimum absolute atomic E-state index is 0.106. The summed E-state index contributed by atoms with van der Waals surface area (Å²) in [6.07, 6.45) is 0. The van der Waals surface area contributed by atoms with Crippen LogP contribution >= 0.6 is 11.8 Å². The standard InChI is InChI=1S/C23H25N3O4S/c1-14-20(22(28)26(24(14)3)16-9-7-6-8-10-16)25-21(27)15(2)31-23(25)18-13-17(29-4)11-12-19(18)30-5/h6-13,15,23H,1-5H3/t15-,23-/m0/s1. The molecule has 2 aromatic carbocycles. The van der Waals surface area contributed by atoms with Gasteiger partial charge in [-0.15, -0.1) is 11.8 Å². The van der Waals surface area contributed by atoms with Gasteiger partial charge in [-0.1, -0.05) is 18.2 Å². The number of anilines is 1. The first kappa shape index (κ1) is 21.1. The van der Waals surface area contributed by atoms with Gasteiger partial charge in [-0.2, -0.15) is 0 Å². The molecular formula is C23H25N3O4S. The molecule has 1 amide bonds. The SMILES string of the molecule is COc1ccc(OC)c([C@@H]2S[C@@H](C)C(=O)N2c2c(C)n(C)n(-c3ccccc3)c2=O)c1. The number of carbonyl (C=O) groups excluding carboxylic acids is 1. The van der Waals surface area contributed by atoms with Crippen molar-refractivity contribution in [1.82, 2.24) is 9.36 Å². The first-order valence-corrected chi connectivity index (χ1v) is 10.9. The van der Waals surface area contributed by atoms with Crippen molar-refractivity contribution in [2.45, 2.75) is 24.5 Å². The van der Waals surface area contributed by atoms with E-state index < -0.39 is 5.37 Å². The Morgan fingerprint density at radius 2 is 1.71 bits per heavy atom. The van der Waals surface area contributed by atoms with Crippen molar-refractivity contribution in [3.63, 3.8) is 0 Å². The summed E-state index contributed by atoms with van der Waals surface area (Å²) in [5.41, 5.74) is 2.39. The number of carbonyl (C=O) groups is 1. The van der Waals surface area contributed by atoms with E-state index in [2.05, 4.69) is 0 Å². The minimum Gasteiger partial charge on any atom is -0.497 e. The number of aromatic nitrogens is 2. The smallest absolute Gasteiger partial charge is 0.295 e. The van der Waals surface area contributed by atoms with Gasteiger partial charge in [0.1, 0.15) is 22.6 Å². The molecule has 0 spiro atoms. The van der Waals surface area contributed by atoms with Crippen molar-refractivity contribution < 1.29 is 14.3 Å². The van der Waals surface area contributed by atoms with Crippen LogP contribution in [-0.4, -0.2) is 34.7 Å². The van der Waals surface area contributed by atoms with E-state index >= 15 is 0 Å². The first-order chi connectivity index (χ1) is 14.9. The average Bonchev–Trinajstić information content (AvgIpc) is 3.19. The number of benzene rings is 2. The number of amides is 1. The molecule has 2 atom stereocenters. The van der Waals surface area contributed by atoms with Crippen LogP contribution in [0.15, 0.2) is 53.3 Å². The number of hydrogen-bond donors (Lipinski definition) is 0. The lowest BCUT2D eigenvalue weighted by molar-refractivity contribution is -0.117. The van der Waals surface area contributed by atoms with E-state index in [1.54, 1.807) is 28.5 Å². The lowest BCUT2D eigenvalue weighted by Crippen LogP contribution is -2.34. The average molecular weight is 440 g/mol. The highest BCUT2D eigenvalue weighted by atomic mass is 32.2. The zero-order valence-corrected chi connectivity index (χ0v) is 19.0. The molecule has 1 aromatic heterocycles. The molecule has 0 saturated carbocycles. The Morgan fingerprint density at radius 3 is 2.35 bits per heavy atom. The molecule has 0 unspecified atom stereocenters. The van der Waals surface area contributed by atoms with Gasteiger partial charge in [0.05, 0.1) is 30.9 Å². The van der Waals surface area contributed by atoms with E-state index in [9.17, 15) is 9.59 Å². The maximum Gasteiger partial charge on any atom is 0.295 e. The van der Waals surface area contributed by atoms with Gasteiger partial charge in [-0.25, -0.2) is 4.68 Å². The lowest BCUT2D eigenvalue weighted by Gasteiger charge is -2.25. The molecule has 0 radical (unpaired) electrons. The lowest BCUT2D eigenvalue weighted by atomic mass is 10.1. The summed E-state index contributed by atoms with van der Waals surface area (Å²) in [5, 5.41) is -0.712. The highest BCUT2D eigenvalue weighted by Crippen LogP contribution is 2.48. The van der Waals surface area contributed by atoms with E-state index in [1.807, 2.05) is 69.4 Å². The third kappa shape index (κ3) is 3.40. The number of rotatable bonds is 5. The fraction of sp³-hybridized carbons (Fsp3) is 0.304. The van der Waals surface area contributed by atoms with Crippen molar-refractivity contribution in [3.05, 3.63) is 70.1 Å². The van der Waals surface area contributed by atoms with Crippen LogP contribution in [-0.2, 0) is 11.8 Å². The summed E-state index contributed by atoms with van der Waals surface area (Å²) < 4.78 is 14.3. The van der Waals surface area contributed by atoms with Crippen LogP contribution in [0.25, 0.3) is 5.69 Å².